The molecule has 5 aromatic rings. The molecule has 1 aliphatic carbocycles. The summed E-state index contributed by atoms with van der Waals surface area (Å²) in [6.07, 6.45) is 11.9. The number of rotatable bonds is 4. The van der Waals surface area contributed by atoms with Gasteiger partial charge in [0.25, 0.3) is 0 Å². The summed E-state index contributed by atoms with van der Waals surface area (Å²) in [5, 5.41) is 16.5. The first kappa shape index (κ1) is 30.2. The zero-order chi connectivity index (χ0) is 33.2. The molecule has 7 heterocycles. The number of hydrogen-bond acceptors (Lipinski definition) is 11. The van der Waals surface area contributed by atoms with E-state index in [4.69, 9.17) is 4.42 Å². The highest BCUT2D eigenvalue weighted by Crippen LogP contribution is 2.61. The molecule has 0 radical (unpaired) electrons. The average Bonchev–Trinajstić information content (AvgIpc) is 3.33. The molecule has 0 aromatic carbocycles. The second-order valence-electron chi connectivity index (χ2n) is 12.5. The molecule has 4 bridgehead atoms. The van der Waals surface area contributed by atoms with Crippen LogP contribution in [0.3, 0.4) is 0 Å². The van der Waals surface area contributed by atoms with Gasteiger partial charge in [0.05, 0.1) is 23.8 Å². The number of pyridine rings is 2. The Morgan fingerprint density at radius 1 is 1.10 bits per heavy atom. The van der Waals surface area contributed by atoms with Crippen molar-refractivity contribution in [3.05, 3.63) is 82.4 Å². The third-order valence-corrected chi connectivity index (χ3v) is 9.70. The van der Waals surface area contributed by atoms with Crippen molar-refractivity contribution in [2.45, 2.75) is 64.6 Å². The number of nitrogens with zero attached hydrogens (tertiary/aromatic N) is 9. The van der Waals surface area contributed by atoms with E-state index in [1.54, 1.807) is 42.5 Å². The number of fused-ring (bicyclic) bond motifs is 5. The monoisotopic (exact) mass is 708 g/mol. The van der Waals surface area contributed by atoms with Gasteiger partial charge in [-0.25, -0.2) is 15.0 Å². The molecule has 5 aromatic heterocycles. The van der Waals surface area contributed by atoms with Crippen LogP contribution >= 0.6 is 15.9 Å². The lowest BCUT2D eigenvalue weighted by molar-refractivity contribution is -0.138. The number of Topliss-reactive ketones (excluding diaryl/α,β-unsaturated/α-hetero) is 1. The van der Waals surface area contributed by atoms with Gasteiger partial charge in [-0.3, -0.25) is 24.0 Å². The molecule has 1 spiro atoms. The fourth-order valence-electron chi connectivity index (χ4n) is 6.79. The van der Waals surface area contributed by atoms with Crippen molar-refractivity contribution in [2.75, 3.05) is 5.32 Å². The normalized spacial score (nSPS) is 22.3. The van der Waals surface area contributed by atoms with Crippen molar-refractivity contribution in [1.29, 1.82) is 0 Å². The van der Waals surface area contributed by atoms with Crippen LogP contribution in [0.1, 0.15) is 59.8 Å². The minimum Gasteiger partial charge on any atom is -0.425 e. The molecular formula is C33H29BrN10O4. The predicted molar refractivity (Wildman–Crippen MR) is 175 cm³/mol. The summed E-state index contributed by atoms with van der Waals surface area (Å²) >= 11 is 3.41. The second kappa shape index (κ2) is 11.5. The summed E-state index contributed by atoms with van der Waals surface area (Å²) < 4.78 is 7.90. The topological polar surface area (TPSA) is 175 Å². The summed E-state index contributed by atoms with van der Waals surface area (Å²) in [5.74, 6) is 1.10. The lowest BCUT2D eigenvalue weighted by Crippen LogP contribution is -2.47. The third kappa shape index (κ3) is 5.37. The number of halogens is 1. The number of amides is 2. The molecule has 242 valence electrons. The van der Waals surface area contributed by atoms with Gasteiger partial charge in [-0.15, -0.1) is 10.2 Å². The Balaban J connectivity index is 1.12. The highest BCUT2D eigenvalue weighted by Gasteiger charge is 2.65. The molecule has 0 unspecified atom stereocenters. The number of anilines is 1. The van der Waals surface area contributed by atoms with Gasteiger partial charge in [-0.2, -0.15) is 5.10 Å². The van der Waals surface area contributed by atoms with Crippen LogP contribution in [-0.2, 0) is 29.0 Å². The largest absolute Gasteiger partial charge is 0.425 e. The Morgan fingerprint density at radius 3 is 2.73 bits per heavy atom. The van der Waals surface area contributed by atoms with Crippen molar-refractivity contribution in [2.24, 2.45) is 5.41 Å². The van der Waals surface area contributed by atoms with Gasteiger partial charge in [0.1, 0.15) is 34.5 Å². The number of aryl methyl sites for hydroxylation is 2. The number of allylic oxidation sites excluding steroid dienone is 1. The summed E-state index contributed by atoms with van der Waals surface area (Å²) in [5.41, 5.74) is 2.42. The van der Waals surface area contributed by atoms with E-state index in [1.807, 2.05) is 6.07 Å². The Morgan fingerprint density at radius 2 is 1.92 bits per heavy atom. The molecule has 3 atom stereocenters. The van der Waals surface area contributed by atoms with Crippen molar-refractivity contribution in [3.63, 3.8) is 0 Å². The fraction of sp³-hybridized carbons (Fsp3) is 0.333. The summed E-state index contributed by atoms with van der Waals surface area (Å²) in [6.45, 7) is 3.06. The summed E-state index contributed by atoms with van der Waals surface area (Å²) in [6, 6.07) is 4.49. The van der Waals surface area contributed by atoms with Crippen LogP contribution in [0.15, 0.2) is 58.0 Å². The zero-order valence-electron chi connectivity index (χ0n) is 26.1. The van der Waals surface area contributed by atoms with Gasteiger partial charge < -0.3 is 14.6 Å². The van der Waals surface area contributed by atoms with Gasteiger partial charge in [0.2, 0.25) is 23.6 Å². The quantitative estimate of drug-likeness (QED) is 0.162. The molecule has 14 nitrogen and oxygen atoms in total. The van der Waals surface area contributed by atoms with E-state index in [1.165, 1.54) is 11.6 Å². The minimum atomic E-state index is -0.741. The number of hydrogen-bond donors (Lipinski definition) is 1. The number of carbonyl (C=O) groups excluding carboxylic acids is 3. The molecule has 1 saturated carbocycles. The van der Waals surface area contributed by atoms with Crippen LogP contribution in [0.5, 0.6) is 0 Å². The molecule has 1 saturated heterocycles. The first-order chi connectivity index (χ1) is 23.2. The van der Waals surface area contributed by atoms with E-state index in [0.717, 1.165) is 6.42 Å². The maximum Gasteiger partial charge on any atom is 0.248 e. The van der Waals surface area contributed by atoms with Gasteiger partial charge in [-0.05, 0) is 54.2 Å². The number of ketones is 1. The first-order valence-electron chi connectivity index (χ1n) is 15.6. The van der Waals surface area contributed by atoms with Gasteiger partial charge in [-0.1, -0.05) is 18.2 Å². The fourth-order valence-corrected chi connectivity index (χ4v) is 7.10. The Hall–Kier alpha value is -5.18. The lowest BCUT2D eigenvalue weighted by atomic mass is 9.98. The smallest absolute Gasteiger partial charge is 0.248 e. The van der Waals surface area contributed by atoms with E-state index in [0.29, 0.717) is 75.0 Å². The number of carbonyl (C=O) groups is 3. The van der Waals surface area contributed by atoms with Crippen LogP contribution < -0.4 is 5.32 Å². The van der Waals surface area contributed by atoms with Crippen molar-refractivity contribution in [1.82, 2.24) is 44.8 Å². The molecule has 2 fully saturated rings. The third-order valence-electron chi connectivity index (χ3n) is 9.26. The molecule has 2 amide bonds. The number of aromatic nitrogens is 8. The van der Waals surface area contributed by atoms with E-state index >= 15 is 0 Å². The van der Waals surface area contributed by atoms with Crippen LogP contribution in [0.4, 0.5) is 5.82 Å². The Kier molecular flexibility index (Phi) is 7.23. The number of nitrogens with one attached hydrogen (secondary N) is 1. The average molecular weight is 710 g/mol. The van der Waals surface area contributed by atoms with Crippen LogP contribution in [0.2, 0.25) is 0 Å². The van der Waals surface area contributed by atoms with E-state index < -0.39 is 6.04 Å². The summed E-state index contributed by atoms with van der Waals surface area (Å²) in [4.78, 5) is 60.2. The molecule has 48 heavy (non-hydrogen) atoms. The van der Waals surface area contributed by atoms with Gasteiger partial charge >= 0.3 is 0 Å². The molecule has 2 aliphatic heterocycles. The van der Waals surface area contributed by atoms with Gasteiger partial charge in [0, 0.05) is 53.7 Å². The lowest BCUT2D eigenvalue weighted by Gasteiger charge is -2.27. The SMILES string of the molecule is CC(=O)c1nn(CC(=O)N2[C@H]3C[C@@]4(/C=C\CCc5nnc(o5)Cc5ccc(Br)nc5NC3=O)C[C@@H]24)c2cnc(-c3cnc(C)nc3)cc12. The van der Waals surface area contributed by atoms with Crippen LogP contribution in [-0.4, -0.2) is 74.5 Å². The van der Waals surface area contributed by atoms with Gasteiger partial charge in [0.15, 0.2) is 5.78 Å². The summed E-state index contributed by atoms with van der Waals surface area (Å²) in [7, 11) is 0. The van der Waals surface area contributed by atoms with E-state index in [9.17, 15) is 14.4 Å². The second-order valence-corrected chi connectivity index (χ2v) is 13.3. The van der Waals surface area contributed by atoms with Crippen molar-refractivity contribution >= 4 is 50.2 Å². The molecule has 1 N–H and O–H groups in total. The molecular weight excluding hydrogens is 680 g/mol. The first-order valence-corrected chi connectivity index (χ1v) is 16.4. The van der Waals surface area contributed by atoms with Crippen LogP contribution in [0.25, 0.3) is 22.2 Å². The van der Waals surface area contributed by atoms with E-state index in [-0.39, 0.29) is 47.7 Å². The highest BCUT2D eigenvalue weighted by atomic mass is 79.9. The highest BCUT2D eigenvalue weighted by molar-refractivity contribution is 9.10. The zero-order valence-corrected chi connectivity index (χ0v) is 27.6. The molecule has 8 rings (SSSR count). The Labute approximate surface area is 282 Å². The van der Waals surface area contributed by atoms with Crippen molar-refractivity contribution < 1.29 is 18.8 Å². The van der Waals surface area contributed by atoms with Crippen molar-refractivity contribution in [3.8, 4) is 11.3 Å². The maximum atomic E-state index is 14.2. The number of likely N-dealkylation sites (tertiary alicyclic amines) is 1. The maximum absolute atomic E-state index is 14.2. The molecule has 15 heteroatoms. The minimum absolute atomic E-state index is 0.157. The van der Waals surface area contributed by atoms with Crippen LogP contribution in [0, 0.1) is 12.3 Å². The molecule has 3 aliphatic rings. The number of piperidine rings is 1. The Bertz CT molecular complexity index is 2160. The standard InChI is InChI=1S/C33H29BrN10O4/c1-17(45)30-21-10-22(20-13-35-18(2)36-14-20)37-15-24(21)43(42-30)16-29(46)44-23-11-33(12-25(33)44)8-4-3-5-27-40-41-28(48-27)9-19-6-7-26(34)38-31(19)39-32(23)47/h4,6-8,10,13-15,23,25H,3,5,9,11-12,16H2,1-2H3,(H,38,39,47)/b8-4-/t23-,25+,33-/m0/s1. The van der Waals surface area contributed by atoms with E-state index in [2.05, 4.69) is 68.6 Å². The predicted octanol–water partition coefficient (Wildman–Crippen LogP) is 4.03.